The lowest BCUT2D eigenvalue weighted by atomic mass is 9.99. The number of nitrogens with zero attached hydrogens (tertiary/aromatic N) is 2. The highest BCUT2D eigenvalue weighted by molar-refractivity contribution is 5.85. The second kappa shape index (κ2) is 10.7. The molecule has 1 heterocycles. The molecule has 6 nitrogen and oxygen atoms in total. The first-order chi connectivity index (χ1) is 13.1. The van der Waals surface area contributed by atoms with E-state index in [9.17, 15) is 9.59 Å². The molecule has 1 aromatic rings. The van der Waals surface area contributed by atoms with E-state index in [2.05, 4.69) is 0 Å². The number of hydrogen-bond acceptors (Lipinski definition) is 4. The van der Waals surface area contributed by atoms with Crippen molar-refractivity contribution in [1.82, 2.24) is 9.80 Å². The van der Waals surface area contributed by atoms with E-state index in [0.717, 1.165) is 37.0 Å². The summed E-state index contributed by atoms with van der Waals surface area (Å²) in [7, 11) is 1.64. The zero-order chi connectivity index (χ0) is 19.2. The molecule has 2 amide bonds. The molecule has 1 aromatic carbocycles. The van der Waals surface area contributed by atoms with Gasteiger partial charge in [-0.1, -0.05) is 18.6 Å². The number of rotatable bonds is 6. The van der Waals surface area contributed by atoms with Crippen LogP contribution in [0.25, 0.3) is 0 Å². The Bertz CT molecular complexity index is 645. The first kappa shape index (κ1) is 22.5. The fourth-order valence-corrected chi connectivity index (χ4v) is 4.08. The van der Waals surface area contributed by atoms with Gasteiger partial charge in [-0.25, -0.2) is 0 Å². The first-order valence-corrected chi connectivity index (χ1v) is 10.0. The van der Waals surface area contributed by atoms with Crippen molar-refractivity contribution in [3.8, 4) is 5.75 Å². The maximum Gasteiger partial charge on any atom is 0.223 e. The smallest absolute Gasteiger partial charge is 0.223 e. The second-order valence-electron chi connectivity index (χ2n) is 7.67. The van der Waals surface area contributed by atoms with Crippen LogP contribution < -0.4 is 10.5 Å². The number of nitrogens with two attached hydrogens (primary N) is 1. The third kappa shape index (κ3) is 5.85. The number of aryl methyl sites for hydroxylation is 1. The van der Waals surface area contributed by atoms with Crippen molar-refractivity contribution in [2.24, 2.45) is 11.7 Å². The summed E-state index contributed by atoms with van der Waals surface area (Å²) in [5.74, 6) is 1.52. The molecule has 0 aromatic heterocycles. The minimum Gasteiger partial charge on any atom is -0.497 e. The molecule has 0 radical (unpaired) electrons. The number of benzene rings is 1. The van der Waals surface area contributed by atoms with Crippen molar-refractivity contribution in [3.05, 3.63) is 29.8 Å². The fraction of sp³-hybridized carbons (Fsp3) is 0.619. The Morgan fingerprint density at radius 1 is 1.04 bits per heavy atom. The lowest BCUT2D eigenvalue weighted by Gasteiger charge is -2.35. The lowest BCUT2D eigenvalue weighted by molar-refractivity contribution is -0.140. The number of carbonyl (C=O) groups is 2. The molecule has 2 N–H and O–H groups in total. The molecule has 2 fully saturated rings. The SMILES string of the molecule is COc1ccc(CCC(=O)N2CCN(C(=O)C[C@@H]3CCC[C@H]3N)CC2)cc1.Cl. The number of carbonyl (C=O) groups excluding carboxylic acids is 2. The van der Waals surface area contributed by atoms with Crippen LogP contribution in [-0.4, -0.2) is 60.9 Å². The van der Waals surface area contributed by atoms with E-state index in [4.69, 9.17) is 10.5 Å². The molecular weight excluding hydrogens is 378 g/mol. The summed E-state index contributed by atoms with van der Waals surface area (Å²) in [6, 6.07) is 8.00. The van der Waals surface area contributed by atoms with E-state index >= 15 is 0 Å². The van der Waals surface area contributed by atoms with Crippen LogP contribution in [0.2, 0.25) is 0 Å². The van der Waals surface area contributed by atoms with Crippen LogP contribution >= 0.6 is 12.4 Å². The normalized spacial score (nSPS) is 21.9. The van der Waals surface area contributed by atoms with Crippen LogP contribution in [0.15, 0.2) is 24.3 Å². The van der Waals surface area contributed by atoms with E-state index in [0.29, 0.717) is 44.9 Å². The maximum absolute atomic E-state index is 12.5. The molecule has 0 spiro atoms. The maximum atomic E-state index is 12.5. The van der Waals surface area contributed by atoms with Gasteiger partial charge in [0.2, 0.25) is 11.8 Å². The van der Waals surface area contributed by atoms with Gasteiger partial charge in [-0.3, -0.25) is 9.59 Å². The topological polar surface area (TPSA) is 75.9 Å². The Labute approximate surface area is 173 Å². The number of piperazine rings is 1. The van der Waals surface area contributed by atoms with Crippen LogP contribution in [-0.2, 0) is 16.0 Å². The van der Waals surface area contributed by atoms with Crippen molar-refractivity contribution in [2.75, 3.05) is 33.3 Å². The minimum absolute atomic E-state index is 0. The second-order valence-corrected chi connectivity index (χ2v) is 7.67. The van der Waals surface area contributed by atoms with Gasteiger partial charge in [0, 0.05) is 45.1 Å². The van der Waals surface area contributed by atoms with Crippen molar-refractivity contribution in [3.63, 3.8) is 0 Å². The summed E-state index contributed by atoms with van der Waals surface area (Å²) < 4.78 is 5.15. The van der Waals surface area contributed by atoms with Crippen LogP contribution in [0.5, 0.6) is 5.75 Å². The summed E-state index contributed by atoms with van der Waals surface area (Å²) >= 11 is 0. The highest BCUT2D eigenvalue weighted by atomic mass is 35.5. The summed E-state index contributed by atoms with van der Waals surface area (Å²) in [6.07, 6.45) is 5.02. The van der Waals surface area contributed by atoms with Crippen LogP contribution in [0, 0.1) is 5.92 Å². The third-order valence-electron chi connectivity index (χ3n) is 5.93. The number of halogens is 1. The van der Waals surface area contributed by atoms with E-state index in [-0.39, 0.29) is 30.3 Å². The molecule has 0 bridgehead atoms. The summed E-state index contributed by atoms with van der Waals surface area (Å²) in [6.45, 7) is 2.53. The van der Waals surface area contributed by atoms with Crippen molar-refractivity contribution >= 4 is 24.2 Å². The molecule has 28 heavy (non-hydrogen) atoms. The summed E-state index contributed by atoms with van der Waals surface area (Å²) in [4.78, 5) is 28.8. The van der Waals surface area contributed by atoms with E-state index in [1.54, 1.807) is 7.11 Å². The molecule has 1 aliphatic heterocycles. The molecule has 1 saturated heterocycles. The fourth-order valence-electron chi connectivity index (χ4n) is 4.08. The van der Waals surface area contributed by atoms with E-state index < -0.39 is 0 Å². The first-order valence-electron chi connectivity index (χ1n) is 10.0. The third-order valence-corrected chi connectivity index (χ3v) is 5.93. The van der Waals surface area contributed by atoms with Crippen molar-refractivity contribution in [2.45, 2.75) is 44.6 Å². The van der Waals surface area contributed by atoms with Crippen molar-refractivity contribution < 1.29 is 14.3 Å². The van der Waals surface area contributed by atoms with Crippen LogP contribution in [0.4, 0.5) is 0 Å². The summed E-state index contributed by atoms with van der Waals surface area (Å²) in [5.41, 5.74) is 7.22. The zero-order valence-electron chi connectivity index (χ0n) is 16.6. The average Bonchev–Trinajstić information content (AvgIpc) is 3.11. The quantitative estimate of drug-likeness (QED) is 0.781. The van der Waals surface area contributed by atoms with Gasteiger partial charge in [0.1, 0.15) is 5.75 Å². The Kier molecular flexibility index (Phi) is 8.58. The molecular formula is C21H32ClN3O3. The van der Waals surface area contributed by atoms with Gasteiger partial charge < -0.3 is 20.3 Å². The molecule has 1 aliphatic carbocycles. The Morgan fingerprint density at radius 2 is 1.64 bits per heavy atom. The largest absolute Gasteiger partial charge is 0.497 e. The van der Waals surface area contributed by atoms with Gasteiger partial charge in [-0.15, -0.1) is 12.4 Å². The molecule has 0 unspecified atom stereocenters. The molecule has 3 rings (SSSR count). The summed E-state index contributed by atoms with van der Waals surface area (Å²) in [5, 5.41) is 0. The molecule has 2 aliphatic rings. The molecule has 1 saturated carbocycles. The van der Waals surface area contributed by atoms with Crippen LogP contribution in [0.1, 0.15) is 37.7 Å². The van der Waals surface area contributed by atoms with Crippen LogP contribution in [0.3, 0.4) is 0 Å². The number of amides is 2. The Morgan fingerprint density at radius 3 is 2.18 bits per heavy atom. The van der Waals surface area contributed by atoms with Gasteiger partial charge in [0.05, 0.1) is 7.11 Å². The van der Waals surface area contributed by atoms with Crippen molar-refractivity contribution in [1.29, 1.82) is 0 Å². The van der Waals surface area contributed by atoms with Gasteiger partial charge in [0.25, 0.3) is 0 Å². The van der Waals surface area contributed by atoms with Gasteiger partial charge in [0.15, 0.2) is 0 Å². The molecule has 156 valence electrons. The number of methoxy groups -OCH3 is 1. The Hall–Kier alpha value is -1.79. The highest BCUT2D eigenvalue weighted by Gasteiger charge is 2.30. The monoisotopic (exact) mass is 409 g/mol. The Balaban J connectivity index is 0.00000280. The van der Waals surface area contributed by atoms with Gasteiger partial charge in [-0.2, -0.15) is 0 Å². The predicted octanol–water partition coefficient (Wildman–Crippen LogP) is 2.24. The number of hydrogen-bond donors (Lipinski definition) is 1. The average molecular weight is 410 g/mol. The minimum atomic E-state index is 0. The highest BCUT2D eigenvalue weighted by Crippen LogP contribution is 2.27. The predicted molar refractivity (Wildman–Crippen MR) is 112 cm³/mol. The van der Waals surface area contributed by atoms with Gasteiger partial charge in [-0.05, 0) is 42.9 Å². The zero-order valence-corrected chi connectivity index (χ0v) is 17.5. The van der Waals surface area contributed by atoms with E-state index in [1.807, 2.05) is 34.1 Å². The lowest BCUT2D eigenvalue weighted by Crippen LogP contribution is -2.51. The standard InChI is InChI=1S/C21H31N3O3.ClH/c1-27-18-8-5-16(6-9-18)7-10-20(25)23-11-13-24(14-12-23)21(26)15-17-3-2-4-19(17)22;/h5-6,8-9,17,19H,2-4,7,10-15,22H2,1H3;1H/t17-,19+;/m0./s1. The number of ether oxygens (including phenoxy) is 1. The van der Waals surface area contributed by atoms with Gasteiger partial charge >= 0.3 is 0 Å². The van der Waals surface area contributed by atoms with E-state index in [1.165, 1.54) is 0 Å². The molecule has 7 heteroatoms. The molecule has 2 atom stereocenters.